The smallest absolute Gasteiger partial charge is 0.252 e. The number of nitrogens with zero attached hydrogens (tertiary/aromatic N) is 2. The van der Waals surface area contributed by atoms with Crippen LogP contribution in [-0.4, -0.2) is 59.4 Å². The van der Waals surface area contributed by atoms with Crippen LogP contribution in [0.15, 0.2) is 66.2 Å². The molecule has 3 aliphatic rings. The maximum absolute atomic E-state index is 14.5. The highest BCUT2D eigenvalue weighted by atomic mass is 35.5. The van der Waals surface area contributed by atoms with Gasteiger partial charge in [-0.05, 0) is 85.1 Å². The number of hydrogen-bond donors (Lipinski definition) is 1. The number of fused-ring (bicyclic) bond motifs is 2. The van der Waals surface area contributed by atoms with Crippen LogP contribution in [-0.2, 0) is 22.6 Å². The Morgan fingerprint density at radius 2 is 1.69 bits per heavy atom. The molecule has 2 amide bonds. The molecule has 2 fully saturated rings. The van der Waals surface area contributed by atoms with Crippen LogP contribution in [0.4, 0.5) is 0 Å². The number of aryl methyl sites for hydroxylation is 2. The van der Waals surface area contributed by atoms with Gasteiger partial charge in [-0.3, -0.25) is 9.59 Å². The van der Waals surface area contributed by atoms with Crippen LogP contribution in [0.1, 0.15) is 54.9 Å². The Morgan fingerprint density at radius 1 is 0.978 bits per heavy atom. The number of benzene rings is 3. The highest BCUT2D eigenvalue weighted by Crippen LogP contribution is 2.38. The molecular formula is C36H38Cl3N3O3. The zero-order chi connectivity index (χ0) is 31.7. The maximum Gasteiger partial charge on any atom is 0.252 e. The Balaban J connectivity index is 1.22. The van der Waals surface area contributed by atoms with E-state index in [0.717, 1.165) is 53.5 Å². The van der Waals surface area contributed by atoms with Gasteiger partial charge in [0, 0.05) is 49.2 Å². The fourth-order valence-electron chi connectivity index (χ4n) is 6.49. The molecule has 0 aromatic heterocycles. The number of rotatable bonds is 10. The summed E-state index contributed by atoms with van der Waals surface area (Å²) in [5.41, 5.74) is 6.01. The SMILES string of the molecule is CC(=O)N1C[C@H]2CC(c3ccc(CCCOc4c(Cl)cc(C)cc4Cl)cc3)=C(C(=O)N(Cc3ccccc3Cl)C3CC3)[C@@H](C1)N2. The number of nitrogens with one attached hydrogen (secondary N) is 1. The molecule has 0 unspecified atom stereocenters. The van der Waals surface area contributed by atoms with E-state index < -0.39 is 0 Å². The summed E-state index contributed by atoms with van der Waals surface area (Å²) >= 11 is 19.2. The Labute approximate surface area is 280 Å². The molecule has 1 saturated carbocycles. The van der Waals surface area contributed by atoms with Crippen LogP contribution in [0.25, 0.3) is 5.57 Å². The van der Waals surface area contributed by atoms with E-state index in [4.69, 9.17) is 39.5 Å². The summed E-state index contributed by atoms with van der Waals surface area (Å²) < 4.78 is 5.91. The third-order valence-electron chi connectivity index (χ3n) is 8.93. The van der Waals surface area contributed by atoms with Crippen molar-refractivity contribution in [3.05, 3.63) is 104 Å². The van der Waals surface area contributed by atoms with E-state index in [1.165, 1.54) is 5.56 Å². The number of amides is 2. The van der Waals surface area contributed by atoms with Crippen molar-refractivity contribution >= 4 is 52.2 Å². The van der Waals surface area contributed by atoms with Gasteiger partial charge in [0.15, 0.2) is 5.75 Å². The first-order valence-electron chi connectivity index (χ1n) is 15.6. The lowest BCUT2D eigenvalue weighted by atomic mass is 9.82. The summed E-state index contributed by atoms with van der Waals surface area (Å²) in [4.78, 5) is 30.8. The second-order valence-corrected chi connectivity index (χ2v) is 13.6. The van der Waals surface area contributed by atoms with E-state index in [-0.39, 0.29) is 29.9 Å². The molecule has 2 atom stereocenters. The third kappa shape index (κ3) is 7.36. The number of ether oxygens (including phenoxy) is 1. The molecule has 236 valence electrons. The highest BCUT2D eigenvalue weighted by molar-refractivity contribution is 6.37. The molecule has 6 nitrogen and oxygen atoms in total. The molecule has 1 aliphatic carbocycles. The highest BCUT2D eigenvalue weighted by Gasteiger charge is 2.43. The Kier molecular flexibility index (Phi) is 9.76. The zero-order valence-electron chi connectivity index (χ0n) is 25.6. The summed E-state index contributed by atoms with van der Waals surface area (Å²) in [5.74, 6) is 0.596. The van der Waals surface area contributed by atoms with Crippen molar-refractivity contribution in [3.8, 4) is 5.75 Å². The van der Waals surface area contributed by atoms with Crippen molar-refractivity contribution < 1.29 is 14.3 Å². The lowest BCUT2D eigenvalue weighted by Crippen LogP contribution is -2.61. The zero-order valence-corrected chi connectivity index (χ0v) is 27.9. The summed E-state index contributed by atoms with van der Waals surface area (Å²) in [6, 6.07) is 20.0. The van der Waals surface area contributed by atoms with Gasteiger partial charge in [0.2, 0.25) is 5.91 Å². The number of piperazine rings is 1. The topological polar surface area (TPSA) is 61.9 Å². The van der Waals surface area contributed by atoms with Crippen LogP contribution in [0.3, 0.4) is 0 Å². The minimum atomic E-state index is -0.228. The average molecular weight is 667 g/mol. The van der Waals surface area contributed by atoms with Gasteiger partial charge in [-0.2, -0.15) is 0 Å². The first kappa shape index (κ1) is 31.9. The fourth-order valence-corrected chi connectivity index (χ4v) is 7.39. The minimum Gasteiger partial charge on any atom is -0.490 e. The second kappa shape index (κ2) is 13.8. The summed E-state index contributed by atoms with van der Waals surface area (Å²) in [7, 11) is 0. The molecule has 1 N–H and O–H groups in total. The van der Waals surface area contributed by atoms with Gasteiger partial charge in [-0.25, -0.2) is 0 Å². The molecule has 3 aromatic carbocycles. The van der Waals surface area contributed by atoms with Crippen LogP contribution in [0.2, 0.25) is 15.1 Å². The van der Waals surface area contributed by atoms with E-state index in [9.17, 15) is 9.59 Å². The lowest BCUT2D eigenvalue weighted by Gasteiger charge is -2.44. The van der Waals surface area contributed by atoms with Crippen molar-refractivity contribution in [3.63, 3.8) is 0 Å². The largest absolute Gasteiger partial charge is 0.490 e. The fraction of sp³-hybridized carbons (Fsp3) is 0.389. The molecule has 45 heavy (non-hydrogen) atoms. The van der Waals surface area contributed by atoms with Crippen molar-refractivity contribution in [2.45, 2.75) is 70.6 Å². The Hall–Kier alpha value is -3.03. The third-order valence-corrected chi connectivity index (χ3v) is 9.86. The van der Waals surface area contributed by atoms with Gasteiger partial charge in [0.05, 0.1) is 22.7 Å². The molecular weight excluding hydrogens is 629 g/mol. The maximum atomic E-state index is 14.5. The molecule has 2 bridgehead atoms. The normalized spacial score (nSPS) is 19.4. The molecule has 1 saturated heterocycles. The molecule has 9 heteroatoms. The van der Waals surface area contributed by atoms with Crippen molar-refractivity contribution in [2.75, 3.05) is 19.7 Å². The summed E-state index contributed by atoms with van der Waals surface area (Å²) in [5, 5.41) is 5.38. The van der Waals surface area contributed by atoms with Gasteiger partial charge >= 0.3 is 0 Å². The number of hydrogen-bond acceptors (Lipinski definition) is 4. The van der Waals surface area contributed by atoms with Gasteiger partial charge in [0.25, 0.3) is 5.91 Å². The van der Waals surface area contributed by atoms with Gasteiger partial charge in [-0.1, -0.05) is 77.3 Å². The Bertz CT molecular complexity index is 1600. The van der Waals surface area contributed by atoms with E-state index in [0.29, 0.717) is 53.5 Å². The van der Waals surface area contributed by atoms with Crippen molar-refractivity contribution in [1.82, 2.24) is 15.1 Å². The average Bonchev–Trinajstić information content (AvgIpc) is 3.85. The van der Waals surface area contributed by atoms with Gasteiger partial charge in [0.1, 0.15) is 0 Å². The number of halogens is 3. The second-order valence-electron chi connectivity index (χ2n) is 12.4. The minimum absolute atomic E-state index is 0.0309. The first-order chi connectivity index (χ1) is 21.7. The molecule has 0 radical (unpaired) electrons. The van der Waals surface area contributed by atoms with Crippen molar-refractivity contribution in [1.29, 1.82) is 0 Å². The molecule has 2 heterocycles. The van der Waals surface area contributed by atoms with Crippen molar-refractivity contribution in [2.24, 2.45) is 0 Å². The van der Waals surface area contributed by atoms with E-state index >= 15 is 0 Å². The Morgan fingerprint density at radius 3 is 2.36 bits per heavy atom. The van der Waals surface area contributed by atoms with Gasteiger partial charge in [-0.15, -0.1) is 0 Å². The van der Waals surface area contributed by atoms with Crippen LogP contribution < -0.4 is 10.1 Å². The van der Waals surface area contributed by atoms with E-state index in [2.05, 4.69) is 29.6 Å². The molecule has 2 aliphatic heterocycles. The predicted molar refractivity (Wildman–Crippen MR) is 181 cm³/mol. The van der Waals surface area contributed by atoms with Crippen LogP contribution >= 0.6 is 34.8 Å². The van der Waals surface area contributed by atoms with E-state index in [1.807, 2.05) is 53.1 Å². The van der Waals surface area contributed by atoms with Crippen LogP contribution in [0, 0.1) is 6.92 Å². The monoisotopic (exact) mass is 665 g/mol. The molecule has 0 spiro atoms. The van der Waals surface area contributed by atoms with Crippen LogP contribution in [0.5, 0.6) is 5.75 Å². The number of carbonyl (C=O) groups is 2. The predicted octanol–water partition coefficient (Wildman–Crippen LogP) is 7.50. The van der Waals surface area contributed by atoms with Gasteiger partial charge < -0.3 is 19.9 Å². The molecule has 3 aromatic rings. The quantitative estimate of drug-likeness (QED) is 0.228. The molecule has 6 rings (SSSR count). The summed E-state index contributed by atoms with van der Waals surface area (Å²) in [6.07, 6.45) is 4.29. The van der Waals surface area contributed by atoms with E-state index in [1.54, 1.807) is 6.92 Å². The lowest BCUT2D eigenvalue weighted by molar-refractivity contribution is -0.132. The first-order valence-corrected chi connectivity index (χ1v) is 16.8. The summed E-state index contributed by atoms with van der Waals surface area (Å²) in [6.45, 7) is 5.63. The standard InChI is InChI=1S/C36H38Cl3N3O3/c1-22-16-31(38)35(32(39)17-22)45-15-5-6-24-9-11-25(12-10-24)29-18-27-20-41(23(2)43)21-33(40-27)34(29)36(44)42(28-13-14-28)19-26-7-3-4-8-30(26)37/h3-4,7-12,16-17,27-28,33,40H,5-6,13-15,18-21H2,1-2H3/t27-,33-/m1/s1. The number of carbonyl (C=O) groups excluding carboxylic acids is 2.